The zero-order valence-corrected chi connectivity index (χ0v) is 16.1. The summed E-state index contributed by atoms with van der Waals surface area (Å²) in [5.41, 5.74) is 4.21. The van der Waals surface area contributed by atoms with Crippen molar-refractivity contribution in [3.05, 3.63) is 77.4 Å². The molecule has 2 aromatic heterocycles. The van der Waals surface area contributed by atoms with Gasteiger partial charge in [0.25, 0.3) is 0 Å². The van der Waals surface area contributed by atoms with E-state index in [4.69, 9.17) is 4.74 Å². The third-order valence-electron chi connectivity index (χ3n) is 5.15. The minimum atomic E-state index is -0.307. The van der Waals surface area contributed by atoms with Gasteiger partial charge in [-0.2, -0.15) is 5.10 Å². The summed E-state index contributed by atoms with van der Waals surface area (Å²) in [5, 5.41) is 17.7. The summed E-state index contributed by atoms with van der Waals surface area (Å²) in [7, 11) is 0. The van der Waals surface area contributed by atoms with Gasteiger partial charge in [-0.05, 0) is 49.2 Å². The van der Waals surface area contributed by atoms with Crippen molar-refractivity contribution in [3.8, 4) is 5.75 Å². The second-order valence-electron chi connectivity index (χ2n) is 7.52. The summed E-state index contributed by atoms with van der Waals surface area (Å²) in [5.74, 6) is 1.06. The van der Waals surface area contributed by atoms with E-state index in [0.29, 0.717) is 13.2 Å². The second-order valence-corrected chi connectivity index (χ2v) is 7.52. The van der Waals surface area contributed by atoms with E-state index in [9.17, 15) is 5.11 Å². The SMILES string of the molecule is Cc1cc(C[C@@H]2CN(Cc3ccc(OCc4ccccn4)cc3)C[C@@H]2O)n[nH]1. The maximum absolute atomic E-state index is 10.4. The molecule has 6 nitrogen and oxygen atoms in total. The number of aliphatic hydroxyl groups is 1. The van der Waals surface area contributed by atoms with Crippen LogP contribution >= 0.6 is 0 Å². The number of β-amino-alcohol motifs (C(OH)–C–C–N with tert-alkyl or cyclic N) is 1. The Balaban J connectivity index is 1.28. The molecule has 1 aromatic carbocycles. The van der Waals surface area contributed by atoms with Gasteiger partial charge in [0.05, 0.1) is 17.5 Å². The fourth-order valence-corrected chi connectivity index (χ4v) is 3.71. The predicted molar refractivity (Wildman–Crippen MR) is 107 cm³/mol. The number of benzene rings is 1. The average molecular weight is 378 g/mol. The Kier molecular flexibility index (Phi) is 5.69. The number of ether oxygens (including phenoxy) is 1. The zero-order chi connectivity index (χ0) is 19.3. The number of likely N-dealkylation sites (tertiary alicyclic amines) is 1. The van der Waals surface area contributed by atoms with Crippen molar-refractivity contribution in [1.82, 2.24) is 20.1 Å². The van der Waals surface area contributed by atoms with Crippen LogP contribution in [0.25, 0.3) is 0 Å². The van der Waals surface area contributed by atoms with Gasteiger partial charge < -0.3 is 9.84 Å². The number of pyridine rings is 1. The highest BCUT2D eigenvalue weighted by Crippen LogP contribution is 2.23. The first-order valence-corrected chi connectivity index (χ1v) is 9.68. The Hall–Kier alpha value is -2.70. The molecule has 3 aromatic rings. The molecular weight excluding hydrogens is 352 g/mol. The van der Waals surface area contributed by atoms with Gasteiger partial charge in [0.2, 0.25) is 0 Å². The summed E-state index contributed by atoms with van der Waals surface area (Å²) in [6.45, 7) is 4.87. The molecule has 0 amide bonds. The summed E-state index contributed by atoms with van der Waals surface area (Å²) in [4.78, 5) is 6.57. The number of aliphatic hydroxyl groups excluding tert-OH is 1. The van der Waals surface area contributed by atoms with E-state index < -0.39 is 0 Å². The van der Waals surface area contributed by atoms with E-state index in [2.05, 4.69) is 38.3 Å². The number of H-pyrrole nitrogens is 1. The summed E-state index contributed by atoms with van der Waals surface area (Å²) in [6.07, 6.45) is 2.27. The van der Waals surface area contributed by atoms with Gasteiger partial charge in [0.1, 0.15) is 12.4 Å². The zero-order valence-electron chi connectivity index (χ0n) is 16.1. The fraction of sp³-hybridized carbons (Fsp3) is 0.364. The van der Waals surface area contributed by atoms with Crippen molar-refractivity contribution < 1.29 is 9.84 Å². The van der Waals surface area contributed by atoms with Crippen molar-refractivity contribution in [3.63, 3.8) is 0 Å². The van der Waals surface area contributed by atoms with E-state index >= 15 is 0 Å². The van der Waals surface area contributed by atoms with Crippen LogP contribution in [0.3, 0.4) is 0 Å². The lowest BCUT2D eigenvalue weighted by molar-refractivity contribution is 0.140. The molecule has 0 bridgehead atoms. The number of hydrogen-bond acceptors (Lipinski definition) is 5. The van der Waals surface area contributed by atoms with Crippen molar-refractivity contribution in [2.45, 2.75) is 32.6 Å². The molecule has 0 radical (unpaired) electrons. The van der Waals surface area contributed by atoms with Crippen LogP contribution in [0, 0.1) is 12.8 Å². The first-order chi connectivity index (χ1) is 13.7. The first kappa shape index (κ1) is 18.7. The highest BCUT2D eigenvalue weighted by molar-refractivity contribution is 5.27. The molecule has 0 saturated carbocycles. The van der Waals surface area contributed by atoms with E-state index in [1.807, 2.05) is 37.3 Å². The molecule has 2 atom stereocenters. The smallest absolute Gasteiger partial charge is 0.130 e. The van der Waals surface area contributed by atoms with Crippen LogP contribution in [0.2, 0.25) is 0 Å². The molecule has 1 aliphatic heterocycles. The van der Waals surface area contributed by atoms with Gasteiger partial charge in [0.15, 0.2) is 0 Å². The molecule has 3 heterocycles. The molecule has 1 saturated heterocycles. The van der Waals surface area contributed by atoms with Crippen LogP contribution in [0.5, 0.6) is 5.75 Å². The number of aromatic nitrogens is 3. The number of hydrogen-bond donors (Lipinski definition) is 2. The van der Waals surface area contributed by atoms with Crippen LogP contribution in [0.4, 0.5) is 0 Å². The molecular formula is C22H26N4O2. The van der Waals surface area contributed by atoms with E-state index in [1.54, 1.807) is 6.20 Å². The van der Waals surface area contributed by atoms with E-state index in [-0.39, 0.29) is 12.0 Å². The monoisotopic (exact) mass is 378 g/mol. The summed E-state index contributed by atoms with van der Waals surface area (Å²) >= 11 is 0. The third-order valence-corrected chi connectivity index (χ3v) is 5.15. The third kappa shape index (κ3) is 4.77. The van der Waals surface area contributed by atoms with E-state index in [1.165, 1.54) is 5.56 Å². The minimum Gasteiger partial charge on any atom is -0.487 e. The van der Waals surface area contributed by atoms with Crippen molar-refractivity contribution in [2.75, 3.05) is 13.1 Å². The largest absolute Gasteiger partial charge is 0.487 e. The summed E-state index contributed by atoms with van der Waals surface area (Å²) in [6, 6.07) is 16.0. The van der Waals surface area contributed by atoms with Crippen LogP contribution in [0.15, 0.2) is 54.7 Å². The fourth-order valence-electron chi connectivity index (χ4n) is 3.71. The quantitative estimate of drug-likeness (QED) is 0.661. The number of nitrogens with one attached hydrogen (secondary N) is 1. The van der Waals surface area contributed by atoms with Crippen molar-refractivity contribution >= 4 is 0 Å². The highest BCUT2D eigenvalue weighted by atomic mass is 16.5. The topological polar surface area (TPSA) is 74.3 Å². The Bertz CT molecular complexity index is 879. The maximum Gasteiger partial charge on any atom is 0.130 e. The molecule has 2 N–H and O–H groups in total. The predicted octanol–water partition coefficient (Wildman–Crippen LogP) is 2.73. The normalized spacial score (nSPS) is 19.8. The van der Waals surface area contributed by atoms with Crippen LogP contribution in [-0.2, 0) is 19.6 Å². The van der Waals surface area contributed by atoms with Gasteiger partial charge in [-0.15, -0.1) is 0 Å². The molecule has 4 rings (SSSR count). The molecule has 0 spiro atoms. The molecule has 1 aliphatic rings. The number of nitrogens with zero attached hydrogens (tertiary/aromatic N) is 3. The minimum absolute atomic E-state index is 0.226. The lowest BCUT2D eigenvalue weighted by Crippen LogP contribution is -2.21. The van der Waals surface area contributed by atoms with E-state index in [0.717, 1.165) is 42.3 Å². The van der Waals surface area contributed by atoms with Crippen LogP contribution in [-0.4, -0.2) is 44.4 Å². The average Bonchev–Trinajstić information content (AvgIpc) is 3.27. The van der Waals surface area contributed by atoms with Gasteiger partial charge in [-0.25, -0.2) is 0 Å². The lowest BCUT2D eigenvalue weighted by atomic mass is 10.0. The standard InChI is InChI=1S/C22H26N4O2/c1-16-10-20(25-24-16)11-18-13-26(14-22(18)27)12-17-5-7-21(8-6-17)28-15-19-4-2-3-9-23-19/h2-10,18,22,27H,11-15H2,1H3,(H,24,25)/t18-,22+/m1/s1. The van der Waals surface area contributed by atoms with Gasteiger partial charge in [-0.3, -0.25) is 15.0 Å². The molecule has 0 unspecified atom stereocenters. The molecule has 146 valence electrons. The summed E-state index contributed by atoms with van der Waals surface area (Å²) < 4.78 is 5.79. The second kappa shape index (κ2) is 8.54. The molecule has 1 fully saturated rings. The van der Waals surface area contributed by atoms with Crippen LogP contribution < -0.4 is 4.74 Å². The maximum atomic E-state index is 10.4. The van der Waals surface area contributed by atoms with Gasteiger partial charge in [-0.1, -0.05) is 18.2 Å². The Morgan fingerprint density at radius 1 is 1.14 bits per heavy atom. The number of aromatic amines is 1. The Labute approximate surface area is 165 Å². The molecule has 28 heavy (non-hydrogen) atoms. The van der Waals surface area contributed by atoms with Gasteiger partial charge in [0, 0.05) is 37.4 Å². The molecule has 6 heteroatoms. The number of aryl methyl sites for hydroxylation is 1. The Morgan fingerprint density at radius 3 is 2.71 bits per heavy atom. The first-order valence-electron chi connectivity index (χ1n) is 9.68. The van der Waals surface area contributed by atoms with Crippen molar-refractivity contribution in [2.24, 2.45) is 5.92 Å². The highest BCUT2D eigenvalue weighted by Gasteiger charge is 2.31. The Morgan fingerprint density at radius 2 is 2.00 bits per heavy atom. The van der Waals surface area contributed by atoms with Gasteiger partial charge >= 0.3 is 0 Å². The molecule has 0 aliphatic carbocycles. The lowest BCUT2D eigenvalue weighted by Gasteiger charge is -2.16. The van der Waals surface area contributed by atoms with Crippen LogP contribution in [0.1, 0.15) is 22.6 Å². The van der Waals surface area contributed by atoms with Crippen molar-refractivity contribution in [1.29, 1.82) is 0 Å². The number of rotatable bonds is 7.